The van der Waals surface area contributed by atoms with E-state index in [4.69, 9.17) is 12.2 Å². The Labute approximate surface area is 128 Å². The molecule has 3 N–H and O–H groups in total. The molecule has 0 radical (unpaired) electrons. The fourth-order valence-corrected chi connectivity index (χ4v) is 2.82. The van der Waals surface area contributed by atoms with Crippen LogP contribution in [-0.2, 0) is 0 Å². The number of carbonyl (C=O) groups is 1. The third-order valence-electron chi connectivity index (χ3n) is 3.81. The molecule has 6 nitrogen and oxygen atoms in total. The molecule has 1 aromatic heterocycles. The average Bonchev–Trinajstić information content (AvgIpc) is 3.11. The molecule has 1 fully saturated rings. The Morgan fingerprint density at radius 1 is 1.33 bits per heavy atom. The van der Waals surface area contributed by atoms with Crippen LogP contribution in [0.5, 0.6) is 0 Å². The van der Waals surface area contributed by atoms with Crippen LogP contribution in [0.2, 0.25) is 0 Å². The number of aromatic amines is 2. The van der Waals surface area contributed by atoms with Crippen molar-refractivity contribution in [2.45, 2.75) is 12.8 Å². The van der Waals surface area contributed by atoms with Gasteiger partial charge < -0.3 is 15.3 Å². The largest absolute Gasteiger partial charge is 0.338 e. The standard InChI is InChI=1S/C14H19N5OS/c1-18(19-6-2-3-7-19)9-15-13(20)10-4-5-11-12(8-10)17-14(21)16-11/h4-5,8H,2-3,6-7,9H2,1H3,(H,15,20)(H2,16,17,21). The summed E-state index contributed by atoms with van der Waals surface area (Å²) in [5, 5.41) is 7.26. The molecule has 1 aliphatic heterocycles. The number of nitrogens with one attached hydrogen (secondary N) is 3. The van der Waals surface area contributed by atoms with E-state index in [1.165, 1.54) is 12.8 Å². The summed E-state index contributed by atoms with van der Waals surface area (Å²) in [6.07, 6.45) is 2.45. The van der Waals surface area contributed by atoms with Crippen molar-refractivity contribution in [3.63, 3.8) is 0 Å². The second-order valence-electron chi connectivity index (χ2n) is 5.32. The second kappa shape index (κ2) is 5.97. The number of nitrogens with zero attached hydrogens (tertiary/aromatic N) is 2. The van der Waals surface area contributed by atoms with Crippen molar-refractivity contribution in [2.75, 3.05) is 26.8 Å². The molecule has 0 bridgehead atoms. The number of aromatic nitrogens is 2. The van der Waals surface area contributed by atoms with Crippen LogP contribution in [0.3, 0.4) is 0 Å². The zero-order valence-corrected chi connectivity index (χ0v) is 12.8. The summed E-state index contributed by atoms with van der Waals surface area (Å²) in [6.45, 7) is 2.65. The number of carbonyl (C=O) groups excluding carboxylic acids is 1. The van der Waals surface area contributed by atoms with E-state index >= 15 is 0 Å². The number of benzene rings is 1. The highest BCUT2D eigenvalue weighted by atomic mass is 32.1. The predicted molar refractivity (Wildman–Crippen MR) is 84.4 cm³/mol. The number of imidazole rings is 1. The Kier molecular flexibility index (Phi) is 4.05. The molecule has 0 aliphatic carbocycles. The molecule has 7 heteroatoms. The molecular weight excluding hydrogens is 286 g/mol. The van der Waals surface area contributed by atoms with Gasteiger partial charge in [-0.1, -0.05) is 0 Å². The summed E-state index contributed by atoms with van der Waals surface area (Å²) in [6, 6.07) is 5.47. The molecule has 112 valence electrons. The quantitative estimate of drug-likeness (QED) is 0.596. The predicted octanol–water partition coefficient (Wildman–Crippen LogP) is 1.86. The minimum Gasteiger partial charge on any atom is -0.338 e. The van der Waals surface area contributed by atoms with Crippen LogP contribution in [0.25, 0.3) is 11.0 Å². The van der Waals surface area contributed by atoms with Crippen LogP contribution < -0.4 is 5.32 Å². The van der Waals surface area contributed by atoms with E-state index in [0.29, 0.717) is 17.0 Å². The van der Waals surface area contributed by atoms with Crippen LogP contribution >= 0.6 is 12.2 Å². The van der Waals surface area contributed by atoms with Gasteiger partial charge in [-0.05, 0) is 43.3 Å². The topological polar surface area (TPSA) is 67.2 Å². The molecule has 1 saturated heterocycles. The van der Waals surface area contributed by atoms with E-state index in [2.05, 4.69) is 25.3 Å². The highest BCUT2D eigenvalue weighted by molar-refractivity contribution is 7.71. The Morgan fingerprint density at radius 3 is 2.81 bits per heavy atom. The maximum Gasteiger partial charge on any atom is 0.252 e. The molecule has 1 aliphatic rings. The third kappa shape index (κ3) is 3.15. The molecule has 21 heavy (non-hydrogen) atoms. The van der Waals surface area contributed by atoms with Gasteiger partial charge in [0.2, 0.25) is 0 Å². The average molecular weight is 305 g/mol. The first kappa shape index (κ1) is 14.2. The molecule has 0 unspecified atom stereocenters. The van der Waals surface area contributed by atoms with Gasteiger partial charge in [-0.3, -0.25) is 4.79 Å². The number of fused-ring (bicyclic) bond motifs is 1. The van der Waals surface area contributed by atoms with Gasteiger partial charge in [0.1, 0.15) is 0 Å². The molecule has 0 spiro atoms. The lowest BCUT2D eigenvalue weighted by molar-refractivity contribution is 0.0169. The van der Waals surface area contributed by atoms with Crippen LogP contribution in [0.1, 0.15) is 23.2 Å². The maximum absolute atomic E-state index is 12.2. The van der Waals surface area contributed by atoms with E-state index in [1.807, 2.05) is 19.2 Å². The summed E-state index contributed by atoms with van der Waals surface area (Å²) in [7, 11) is 2.00. The molecule has 3 rings (SSSR count). The van der Waals surface area contributed by atoms with Gasteiger partial charge in [0.05, 0.1) is 17.7 Å². The number of rotatable bonds is 4. The lowest BCUT2D eigenvalue weighted by atomic mass is 10.2. The van der Waals surface area contributed by atoms with E-state index in [0.717, 1.165) is 24.1 Å². The Bertz CT molecular complexity index is 701. The summed E-state index contributed by atoms with van der Waals surface area (Å²) < 4.78 is 0.566. The first-order valence-corrected chi connectivity index (χ1v) is 7.50. The Hall–Kier alpha value is -1.70. The normalized spacial score (nSPS) is 15.9. The van der Waals surface area contributed by atoms with Crippen LogP contribution in [0, 0.1) is 4.77 Å². The summed E-state index contributed by atoms with van der Waals surface area (Å²) in [5.41, 5.74) is 2.38. The van der Waals surface area contributed by atoms with Crippen molar-refractivity contribution in [1.82, 2.24) is 25.3 Å². The number of H-pyrrole nitrogens is 2. The second-order valence-corrected chi connectivity index (χ2v) is 5.73. The summed E-state index contributed by atoms with van der Waals surface area (Å²) >= 11 is 5.04. The number of hydrogen-bond acceptors (Lipinski definition) is 4. The van der Waals surface area contributed by atoms with Gasteiger partial charge in [-0.25, -0.2) is 10.0 Å². The summed E-state index contributed by atoms with van der Waals surface area (Å²) in [5.74, 6) is -0.0801. The third-order valence-corrected chi connectivity index (χ3v) is 4.02. The van der Waals surface area contributed by atoms with Gasteiger partial charge in [-0.15, -0.1) is 0 Å². The van der Waals surface area contributed by atoms with Crippen molar-refractivity contribution >= 4 is 29.2 Å². The SMILES string of the molecule is CN(CNC(=O)c1ccc2[nH]c(=S)[nH]c2c1)N1CCCC1. The van der Waals surface area contributed by atoms with Gasteiger partial charge in [0.25, 0.3) is 5.91 Å². The van der Waals surface area contributed by atoms with E-state index in [1.54, 1.807) is 6.07 Å². The van der Waals surface area contributed by atoms with Crippen molar-refractivity contribution in [3.8, 4) is 0 Å². The van der Waals surface area contributed by atoms with E-state index < -0.39 is 0 Å². The van der Waals surface area contributed by atoms with Gasteiger partial charge in [0, 0.05) is 25.7 Å². The minimum absolute atomic E-state index is 0.0801. The molecule has 1 aromatic carbocycles. The lowest BCUT2D eigenvalue weighted by Crippen LogP contribution is -2.44. The number of amides is 1. The summed E-state index contributed by atoms with van der Waals surface area (Å²) in [4.78, 5) is 18.3. The van der Waals surface area contributed by atoms with Crippen LogP contribution in [-0.4, -0.2) is 52.7 Å². The molecule has 2 aromatic rings. The Morgan fingerprint density at radius 2 is 2.05 bits per heavy atom. The smallest absolute Gasteiger partial charge is 0.252 e. The minimum atomic E-state index is -0.0801. The van der Waals surface area contributed by atoms with Gasteiger partial charge >= 0.3 is 0 Å². The first-order valence-electron chi connectivity index (χ1n) is 7.10. The van der Waals surface area contributed by atoms with Crippen LogP contribution in [0.4, 0.5) is 0 Å². The fourth-order valence-electron chi connectivity index (χ4n) is 2.60. The molecular formula is C14H19N5OS. The van der Waals surface area contributed by atoms with Crippen molar-refractivity contribution in [3.05, 3.63) is 28.5 Å². The lowest BCUT2D eigenvalue weighted by Gasteiger charge is -2.27. The maximum atomic E-state index is 12.2. The first-order chi connectivity index (χ1) is 10.1. The molecule has 2 heterocycles. The van der Waals surface area contributed by atoms with Crippen LogP contribution in [0.15, 0.2) is 18.2 Å². The van der Waals surface area contributed by atoms with E-state index in [9.17, 15) is 4.79 Å². The Balaban J connectivity index is 1.64. The van der Waals surface area contributed by atoms with Gasteiger partial charge in [0.15, 0.2) is 4.77 Å². The zero-order valence-electron chi connectivity index (χ0n) is 12.0. The van der Waals surface area contributed by atoms with Gasteiger partial charge in [-0.2, -0.15) is 0 Å². The molecule has 0 saturated carbocycles. The van der Waals surface area contributed by atoms with Crippen molar-refractivity contribution in [2.24, 2.45) is 0 Å². The van der Waals surface area contributed by atoms with Crippen molar-refractivity contribution in [1.29, 1.82) is 0 Å². The highest BCUT2D eigenvalue weighted by Gasteiger charge is 2.16. The fraction of sp³-hybridized carbons (Fsp3) is 0.429. The molecule has 0 atom stereocenters. The molecule has 1 amide bonds. The number of hydrazine groups is 1. The zero-order chi connectivity index (χ0) is 14.8. The monoisotopic (exact) mass is 305 g/mol. The number of hydrogen-bond donors (Lipinski definition) is 3. The van der Waals surface area contributed by atoms with E-state index in [-0.39, 0.29) is 5.91 Å². The van der Waals surface area contributed by atoms with Crippen molar-refractivity contribution < 1.29 is 4.79 Å². The highest BCUT2D eigenvalue weighted by Crippen LogP contribution is 2.13.